The third-order valence-corrected chi connectivity index (χ3v) is 6.00. The molecule has 0 aliphatic carbocycles. The molecule has 1 fully saturated rings. The Labute approximate surface area is 180 Å². The number of para-hydroxylation sites is 1. The maximum Gasteiger partial charge on any atom is 0.416 e. The topological polar surface area (TPSA) is 53.5 Å². The van der Waals surface area contributed by atoms with Crippen molar-refractivity contribution in [1.82, 2.24) is 14.8 Å². The van der Waals surface area contributed by atoms with Gasteiger partial charge in [-0.15, -0.1) is 11.3 Å². The minimum absolute atomic E-state index is 0.00895. The van der Waals surface area contributed by atoms with E-state index in [2.05, 4.69) is 4.98 Å². The van der Waals surface area contributed by atoms with Crippen LogP contribution >= 0.6 is 11.3 Å². The maximum absolute atomic E-state index is 12.9. The van der Waals surface area contributed by atoms with Crippen molar-refractivity contribution in [1.29, 1.82) is 0 Å². The monoisotopic (exact) mass is 445 g/mol. The Morgan fingerprint density at radius 3 is 2.39 bits per heavy atom. The smallest absolute Gasteiger partial charge is 0.336 e. The molecule has 0 bridgehead atoms. The molecule has 9 heteroatoms. The van der Waals surface area contributed by atoms with Gasteiger partial charge in [-0.3, -0.25) is 9.59 Å². The summed E-state index contributed by atoms with van der Waals surface area (Å²) in [7, 11) is 0. The van der Waals surface area contributed by atoms with Gasteiger partial charge in [-0.2, -0.15) is 13.2 Å². The summed E-state index contributed by atoms with van der Waals surface area (Å²) in [5.74, 6) is -0.659. The standard InChI is InChI=1S/C22H18F3N3O2S/c23-22(24,25)16-5-3-4-15(14-16)21(30)28-12-10-27(11-13-28)20(29)9-8-19-26-17-6-1-2-7-18(17)31-19/h1-9,14H,10-13H2/b9-8+. The van der Waals surface area contributed by atoms with Crippen molar-refractivity contribution in [2.75, 3.05) is 26.2 Å². The average molecular weight is 445 g/mol. The van der Waals surface area contributed by atoms with Gasteiger partial charge >= 0.3 is 6.18 Å². The highest BCUT2D eigenvalue weighted by molar-refractivity contribution is 7.19. The number of amides is 2. The van der Waals surface area contributed by atoms with Crippen LogP contribution in [0.5, 0.6) is 0 Å². The van der Waals surface area contributed by atoms with E-state index in [1.807, 2.05) is 24.3 Å². The van der Waals surface area contributed by atoms with E-state index >= 15 is 0 Å². The predicted molar refractivity (Wildman–Crippen MR) is 113 cm³/mol. The number of hydrogen-bond acceptors (Lipinski definition) is 4. The number of hydrogen-bond donors (Lipinski definition) is 0. The molecule has 0 atom stereocenters. The lowest BCUT2D eigenvalue weighted by molar-refractivity contribution is -0.137. The number of nitrogens with zero attached hydrogens (tertiary/aromatic N) is 3. The van der Waals surface area contributed by atoms with E-state index in [9.17, 15) is 22.8 Å². The molecule has 0 saturated carbocycles. The fraction of sp³-hybridized carbons (Fsp3) is 0.227. The lowest BCUT2D eigenvalue weighted by Gasteiger charge is -2.34. The van der Waals surface area contributed by atoms with Crippen molar-refractivity contribution < 1.29 is 22.8 Å². The number of piperazine rings is 1. The van der Waals surface area contributed by atoms with Gasteiger partial charge in [-0.05, 0) is 36.4 Å². The first-order chi connectivity index (χ1) is 14.8. The summed E-state index contributed by atoms with van der Waals surface area (Å²) in [6, 6.07) is 12.1. The first-order valence-electron chi connectivity index (χ1n) is 9.60. The van der Waals surface area contributed by atoms with Crippen molar-refractivity contribution in [2.24, 2.45) is 0 Å². The second-order valence-electron chi connectivity index (χ2n) is 7.05. The van der Waals surface area contributed by atoms with Crippen molar-refractivity contribution in [3.05, 3.63) is 70.7 Å². The van der Waals surface area contributed by atoms with Gasteiger partial charge < -0.3 is 9.80 Å². The van der Waals surface area contributed by atoms with E-state index in [1.165, 1.54) is 34.4 Å². The molecule has 2 aromatic carbocycles. The van der Waals surface area contributed by atoms with Crippen LogP contribution in [0.2, 0.25) is 0 Å². The van der Waals surface area contributed by atoms with Crippen LogP contribution in [-0.2, 0) is 11.0 Å². The summed E-state index contributed by atoms with van der Waals surface area (Å²) in [4.78, 5) is 32.6. The minimum atomic E-state index is -4.50. The summed E-state index contributed by atoms with van der Waals surface area (Å²) in [6.45, 7) is 1.15. The first-order valence-corrected chi connectivity index (χ1v) is 10.4. The normalized spacial score (nSPS) is 15.1. The van der Waals surface area contributed by atoms with Crippen molar-refractivity contribution in [2.45, 2.75) is 6.18 Å². The van der Waals surface area contributed by atoms with E-state index in [0.29, 0.717) is 13.1 Å². The molecular weight excluding hydrogens is 427 g/mol. The second-order valence-corrected chi connectivity index (χ2v) is 8.11. The number of alkyl halides is 3. The Balaban J connectivity index is 1.35. The Bertz CT molecular complexity index is 1120. The van der Waals surface area contributed by atoms with Gasteiger partial charge in [0.15, 0.2) is 0 Å². The SMILES string of the molecule is O=C(/C=C/c1nc2ccccc2s1)N1CCN(C(=O)c2cccc(C(F)(F)F)c2)CC1. The van der Waals surface area contributed by atoms with Gasteiger partial charge in [-0.1, -0.05) is 18.2 Å². The molecule has 2 amide bonds. The predicted octanol–water partition coefficient (Wildman–Crippen LogP) is 4.31. The minimum Gasteiger partial charge on any atom is -0.336 e. The summed E-state index contributed by atoms with van der Waals surface area (Å²) in [5, 5.41) is 0.730. The van der Waals surface area contributed by atoms with Crippen LogP contribution in [0.15, 0.2) is 54.6 Å². The number of carbonyl (C=O) groups excluding carboxylic acids is 2. The van der Waals surface area contributed by atoms with Gasteiger partial charge in [0.1, 0.15) is 5.01 Å². The highest BCUT2D eigenvalue weighted by Gasteiger charge is 2.32. The Morgan fingerprint density at radius 2 is 1.68 bits per heavy atom. The van der Waals surface area contributed by atoms with Gasteiger partial charge in [0, 0.05) is 37.8 Å². The van der Waals surface area contributed by atoms with Gasteiger partial charge in [0.25, 0.3) is 5.91 Å². The number of aromatic nitrogens is 1. The number of fused-ring (bicyclic) bond motifs is 1. The highest BCUT2D eigenvalue weighted by atomic mass is 32.1. The van der Waals surface area contributed by atoms with Crippen molar-refractivity contribution >= 4 is 39.4 Å². The van der Waals surface area contributed by atoms with E-state index in [1.54, 1.807) is 11.0 Å². The summed E-state index contributed by atoms with van der Waals surface area (Å²) in [5.41, 5.74) is 0.0128. The number of halogens is 3. The van der Waals surface area contributed by atoms with Crippen molar-refractivity contribution in [3.8, 4) is 0 Å². The Morgan fingerprint density at radius 1 is 0.968 bits per heavy atom. The zero-order valence-electron chi connectivity index (χ0n) is 16.3. The lowest BCUT2D eigenvalue weighted by atomic mass is 10.1. The summed E-state index contributed by atoms with van der Waals surface area (Å²) < 4.78 is 39.7. The molecule has 0 spiro atoms. The third kappa shape index (κ3) is 4.77. The quantitative estimate of drug-likeness (QED) is 0.565. The van der Waals surface area contributed by atoms with Crippen LogP contribution in [0.25, 0.3) is 16.3 Å². The molecule has 0 N–H and O–H groups in total. The zero-order valence-corrected chi connectivity index (χ0v) is 17.1. The second kappa shape index (κ2) is 8.50. The maximum atomic E-state index is 12.9. The third-order valence-electron chi connectivity index (χ3n) is 4.99. The molecule has 5 nitrogen and oxygen atoms in total. The average Bonchev–Trinajstić information content (AvgIpc) is 3.19. The molecule has 0 radical (unpaired) electrons. The van der Waals surface area contributed by atoms with Crippen LogP contribution in [0, 0.1) is 0 Å². The Hall–Kier alpha value is -3.20. The molecule has 1 saturated heterocycles. The largest absolute Gasteiger partial charge is 0.416 e. The van der Waals surface area contributed by atoms with E-state index in [0.717, 1.165) is 27.4 Å². The number of carbonyl (C=O) groups is 2. The Kier molecular flexibility index (Phi) is 5.77. The molecule has 4 rings (SSSR count). The molecule has 2 heterocycles. The van der Waals surface area contributed by atoms with Gasteiger partial charge in [0.05, 0.1) is 15.8 Å². The molecule has 1 aliphatic heterocycles. The number of benzene rings is 2. The summed E-state index contributed by atoms with van der Waals surface area (Å²) in [6.07, 6.45) is -1.37. The molecule has 1 aromatic heterocycles. The van der Waals surface area contributed by atoms with Crippen LogP contribution in [0.4, 0.5) is 13.2 Å². The molecule has 0 unspecified atom stereocenters. The van der Waals surface area contributed by atoms with E-state index < -0.39 is 17.6 Å². The highest BCUT2D eigenvalue weighted by Crippen LogP contribution is 2.30. The summed E-state index contributed by atoms with van der Waals surface area (Å²) >= 11 is 1.49. The van der Waals surface area contributed by atoms with Crippen molar-refractivity contribution in [3.63, 3.8) is 0 Å². The zero-order chi connectivity index (χ0) is 22.0. The van der Waals surface area contributed by atoms with E-state index in [-0.39, 0.29) is 24.6 Å². The molecule has 3 aromatic rings. The van der Waals surface area contributed by atoms with Crippen LogP contribution in [0.3, 0.4) is 0 Å². The van der Waals surface area contributed by atoms with E-state index in [4.69, 9.17) is 0 Å². The molecule has 160 valence electrons. The number of rotatable bonds is 3. The molecule has 31 heavy (non-hydrogen) atoms. The van der Waals surface area contributed by atoms with Crippen LogP contribution in [0.1, 0.15) is 20.9 Å². The lowest BCUT2D eigenvalue weighted by Crippen LogP contribution is -2.50. The van der Waals surface area contributed by atoms with Crippen LogP contribution in [-0.4, -0.2) is 52.8 Å². The fourth-order valence-corrected chi connectivity index (χ4v) is 4.22. The molecular formula is C22H18F3N3O2S. The number of thiazole rings is 1. The van der Waals surface area contributed by atoms with Gasteiger partial charge in [-0.25, -0.2) is 4.98 Å². The van der Waals surface area contributed by atoms with Gasteiger partial charge in [0.2, 0.25) is 5.91 Å². The first kappa shape index (κ1) is 21.0. The fourth-order valence-electron chi connectivity index (χ4n) is 3.35. The molecule has 1 aliphatic rings. The van der Waals surface area contributed by atoms with Crippen LogP contribution < -0.4 is 0 Å².